The minimum Gasteiger partial charge on any atom is -0.491 e. The summed E-state index contributed by atoms with van der Waals surface area (Å²) >= 11 is 0. The number of ether oxygens (including phenoxy) is 1. The molecule has 0 radical (unpaired) electrons. The quantitative estimate of drug-likeness (QED) is 0.434. The van der Waals surface area contributed by atoms with Gasteiger partial charge in [-0.1, -0.05) is 32.6 Å². The van der Waals surface area contributed by atoms with Crippen molar-refractivity contribution in [2.45, 2.75) is 70.9 Å². The van der Waals surface area contributed by atoms with E-state index in [1.807, 2.05) is 19.1 Å². The first-order valence-electron chi connectivity index (χ1n) is 9.09. The van der Waals surface area contributed by atoms with Gasteiger partial charge in [-0.05, 0) is 49.9 Å². The Morgan fingerprint density at radius 3 is 2.71 bits per heavy atom. The van der Waals surface area contributed by atoms with E-state index in [-0.39, 0.29) is 6.10 Å². The highest BCUT2D eigenvalue weighted by molar-refractivity contribution is 5.97. The molecule has 2 rings (SSSR count). The van der Waals surface area contributed by atoms with Gasteiger partial charge in [0.05, 0.1) is 6.04 Å². The maximum Gasteiger partial charge on any atom is 0.125 e. The van der Waals surface area contributed by atoms with Gasteiger partial charge in [0.15, 0.2) is 0 Å². The smallest absolute Gasteiger partial charge is 0.125 e. The lowest BCUT2D eigenvalue weighted by molar-refractivity contribution is 0.0317. The van der Waals surface area contributed by atoms with E-state index in [1.165, 1.54) is 19.3 Å². The minimum absolute atomic E-state index is 0.142. The van der Waals surface area contributed by atoms with Crippen LogP contribution in [0, 0.1) is 0 Å². The number of nitrogens with zero attached hydrogens (tertiary/aromatic N) is 1. The van der Waals surface area contributed by atoms with Crippen LogP contribution in [0.5, 0.6) is 5.75 Å². The van der Waals surface area contributed by atoms with Crippen molar-refractivity contribution < 1.29 is 9.57 Å². The molecule has 1 aliphatic carbocycles. The molecule has 0 heterocycles. The van der Waals surface area contributed by atoms with Crippen molar-refractivity contribution in [1.29, 1.82) is 0 Å². The monoisotopic (exact) mass is 333 g/mol. The van der Waals surface area contributed by atoms with Crippen molar-refractivity contribution in [2.24, 2.45) is 16.6 Å². The average Bonchev–Trinajstić information content (AvgIpc) is 2.61. The third-order valence-corrected chi connectivity index (χ3v) is 4.48. The zero-order chi connectivity index (χ0) is 17.4. The van der Waals surface area contributed by atoms with Crippen LogP contribution < -0.4 is 16.4 Å². The predicted octanol–water partition coefficient (Wildman–Crippen LogP) is 3.33. The number of aliphatic imine (C=N–C) groups is 1. The van der Waals surface area contributed by atoms with Crippen molar-refractivity contribution in [2.75, 3.05) is 6.61 Å². The van der Waals surface area contributed by atoms with Crippen LogP contribution in [-0.2, 0) is 11.3 Å². The summed E-state index contributed by atoms with van der Waals surface area (Å²) in [5.41, 5.74) is 8.40. The molecule has 5 nitrogen and oxygen atoms in total. The number of rotatable bonds is 8. The van der Waals surface area contributed by atoms with Gasteiger partial charge in [0.2, 0.25) is 0 Å². The van der Waals surface area contributed by atoms with Crippen molar-refractivity contribution in [3.63, 3.8) is 0 Å². The zero-order valence-corrected chi connectivity index (χ0v) is 15.0. The van der Waals surface area contributed by atoms with Gasteiger partial charge in [0.1, 0.15) is 24.3 Å². The van der Waals surface area contributed by atoms with Crippen LogP contribution in [0.15, 0.2) is 23.2 Å². The van der Waals surface area contributed by atoms with Crippen LogP contribution in [0.25, 0.3) is 0 Å². The summed E-state index contributed by atoms with van der Waals surface area (Å²) in [6.45, 7) is 4.46. The van der Waals surface area contributed by atoms with Crippen molar-refractivity contribution in [1.82, 2.24) is 0 Å². The number of amidine groups is 1. The normalized spacial score (nSPS) is 17.7. The SMILES string of the molecule is CCCc1cc(C(N)=NC2CCCCC2)ccc1OCC(C)ON. The Labute approximate surface area is 145 Å². The molecule has 1 aliphatic rings. The Hall–Kier alpha value is -1.59. The van der Waals surface area contributed by atoms with Crippen LogP contribution in [0.4, 0.5) is 0 Å². The Bertz CT molecular complexity index is 539. The van der Waals surface area contributed by atoms with Crippen LogP contribution >= 0.6 is 0 Å². The fourth-order valence-electron chi connectivity index (χ4n) is 3.07. The molecule has 0 saturated heterocycles. The minimum atomic E-state index is -0.142. The molecule has 24 heavy (non-hydrogen) atoms. The van der Waals surface area contributed by atoms with Crippen LogP contribution in [0.3, 0.4) is 0 Å². The summed E-state index contributed by atoms with van der Waals surface area (Å²) in [4.78, 5) is 9.50. The summed E-state index contributed by atoms with van der Waals surface area (Å²) in [7, 11) is 0. The molecule has 4 N–H and O–H groups in total. The van der Waals surface area contributed by atoms with E-state index in [2.05, 4.69) is 13.0 Å². The van der Waals surface area contributed by atoms with E-state index < -0.39 is 0 Å². The van der Waals surface area contributed by atoms with E-state index in [1.54, 1.807) is 0 Å². The predicted molar refractivity (Wildman–Crippen MR) is 98.3 cm³/mol. The summed E-state index contributed by atoms with van der Waals surface area (Å²) in [5, 5.41) is 0. The summed E-state index contributed by atoms with van der Waals surface area (Å²) in [5.74, 6) is 6.69. The number of hydrogen-bond donors (Lipinski definition) is 2. The lowest BCUT2D eigenvalue weighted by Crippen LogP contribution is -2.22. The highest BCUT2D eigenvalue weighted by Crippen LogP contribution is 2.24. The number of nitrogens with two attached hydrogens (primary N) is 2. The summed E-state index contributed by atoms with van der Waals surface area (Å²) in [6.07, 6.45) is 8.00. The van der Waals surface area contributed by atoms with Gasteiger partial charge in [-0.25, -0.2) is 5.90 Å². The Kier molecular flexibility index (Phi) is 7.53. The Morgan fingerprint density at radius 1 is 1.29 bits per heavy atom. The second-order valence-electron chi connectivity index (χ2n) is 6.64. The molecular weight excluding hydrogens is 302 g/mol. The van der Waals surface area contributed by atoms with E-state index >= 15 is 0 Å². The third kappa shape index (κ3) is 5.49. The molecule has 0 aliphatic heterocycles. The van der Waals surface area contributed by atoms with Gasteiger partial charge >= 0.3 is 0 Å². The van der Waals surface area contributed by atoms with Crippen molar-refractivity contribution >= 4 is 5.84 Å². The maximum atomic E-state index is 6.26. The van der Waals surface area contributed by atoms with Crippen LogP contribution in [0.1, 0.15) is 63.5 Å². The van der Waals surface area contributed by atoms with Gasteiger partial charge in [-0.3, -0.25) is 9.83 Å². The number of benzene rings is 1. The maximum absolute atomic E-state index is 6.26. The lowest BCUT2D eigenvalue weighted by atomic mass is 9.96. The van der Waals surface area contributed by atoms with Gasteiger partial charge in [-0.15, -0.1) is 0 Å². The third-order valence-electron chi connectivity index (χ3n) is 4.48. The molecule has 134 valence electrons. The zero-order valence-electron chi connectivity index (χ0n) is 15.0. The van der Waals surface area contributed by atoms with E-state index in [4.69, 9.17) is 26.2 Å². The van der Waals surface area contributed by atoms with E-state index in [0.29, 0.717) is 18.5 Å². The lowest BCUT2D eigenvalue weighted by Gasteiger charge is -2.19. The van der Waals surface area contributed by atoms with Crippen molar-refractivity contribution in [3.8, 4) is 5.75 Å². The highest BCUT2D eigenvalue weighted by atomic mass is 16.6. The second kappa shape index (κ2) is 9.64. The summed E-state index contributed by atoms with van der Waals surface area (Å²) in [6, 6.07) is 6.46. The molecule has 1 aromatic rings. The van der Waals surface area contributed by atoms with Crippen LogP contribution in [-0.4, -0.2) is 24.6 Å². The van der Waals surface area contributed by atoms with Crippen LogP contribution in [0.2, 0.25) is 0 Å². The standard InChI is InChI=1S/C19H31N3O2/c1-3-7-15-12-16(10-11-18(15)23-13-14(2)24-21)19(20)22-17-8-5-4-6-9-17/h10-12,14,17H,3-9,13,21H2,1-2H3,(H2,20,22). The number of aryl methyl sites for hydroxylation is 1. The van der Waals surface area contributed by atoms with E-state index in [9.17, 15) is 0 Å². The first-order chi connectivity index (χ1) is 11.6. The van der Waals surface area contributed by atoms with Crippen molar-refractivity contribution in [3.05, 3.63) is 29.3 Å². The van der Waals surface area contributed by atoms with E-state index in [0.717, 1.165) is 42.6 Å². The summed E-state index contributed by atoms with van der Waals surface area (Å²) < 4.78 is 5.84. The van der Waals surface area contributed by atoms with Gasteiger partial charge in [0.25, 0.3) is 0 Å². The average molecular weight is 333 g/mol. The molecule has 5 heteroatoms. The second-order valence-corrected chi connectivity index (χ2v) is 6.64. The fourth-order valence-corrected chi connectivity index (χ4v) is 3.07. The fraction of sp³-hybridized carbons (Fsp3) is 0.632. The van der Waals surface area contributed by atoms with Gasteiger partial charge in [0, 0.05) is 5.56 Å². The molecule has 1 saturated carbocycles. The molecule has 0 bridgehead atoms. The molecule has 1 unspecified atom stereocenters. The first kappa shape index (κ1) is 18.7. The molecule has 0 aromatic heterocycles. The highest BCUT2D eigenvalue weighted by Gasteiger charge is 2.14. The molecular formula is C19H31N3O2. The molecule has 0 amide bonds. The largest absolute Gasteiger partial charge is 0.491 e. The topological polar surface area (TPSA) is 82.9 Å². The van der Waals surface area contributed by atoms with Gasteiger partial charge < -0.3 is 10.5 Å². The molecule has 0 spiro atoms. The molecule has 1 fully saturated rings. The van der Waals surface area contributed by atoms with Gasteiger partial charge in [-0.2, -0.15) is 0 Å². The molecule has 1 atom stereocenters. The Balaban J connectivity index is 2.12. The number of hydrogen-bond acceptors (Lipinski definition) is 4. The molecule has 1 aromatic carbocycles. The Morgan fingerprint density at radius 2 is 2.04 bits per heavy atom. The first-order valence-corrected chi connectivity index (χ1v) is 9.09.